The second-order valence-corrected chi connectivity index (χ2v) is 10.7. The minimum Gasteiger partial charge on any atom is -0.384 e. The van der Waals surface area contributed by atoms with Gasteiger partial charge in [0.25, 0.3) is 5.91 Å². The summed E-state index contributed by atoms with van der Waals surface area (Å²) in [7, 11) is 5.58. The van der Waals surface area contributed by atoms with Crippen LogP contribution < -0.4 is 5.73 Å². The topological polar surface area (TPSA) is 85.8 Å². The number of hydrogen-bond acceptors (Lipinski definition) is 6. The Morgan fingerprint density at radius 1 is 1.18 bits per heavy atom. The molecule has 2 fully saturated rings. The number of amides is 1. The Morgan fingerprint density at radius 3 is 2.41 bits per heavy atom. The third-order valence-corrected chi connectivity index (χ3v) is 8.20. The van der Waals surface area contributed by atoms with Crippen molar-refractivity contribution >= 4 is 5.91 Å². The number of halogens is 1. The molecule has 2 N–H and O–H groups in total. The van der Waals surface area contributed by atoms with Gasteiger partial charge in [-0.05, 0) is 57.9 Å². The van der Waals surface area contributed by atoms with Crippen LogP contribution in [0.15, 0.2) is 0 Å². The molecule has 0 unspecified atom stereocenters. The van der Waals surface area contributed by atoms with Crippen LogP contribution in [0.3, 0.4) is 0 Å². The lowest BCUT2D eigenvalue weighted by molar-refractivity contribution is -0.151. The van der Waals surface area contributed by atoms with Crippen LogP contribution in [0.2, 0.25) is 0 Å². The van der Waals surface area contributed by atoms with Gasteiger partial charge >= 0.3 is 0 Å². The highest BCUT2D eigenvalue weighted by Crippen LogP contribution is 2.46. The first kappa shape index (κ1) is 25.5. The van der Waals surface area contributed by atoms with E-state index in [1.165, 1.54) is 5.56 Å². The number of carbonyl (C=O) groups is 1. The minimum absolute atomic E-state index is 0.0521. The van der Waals surface area contributed by atoms with Crippen LogP contribution in [0.5, 0.6) is 0 Å². The average molecular weight is 480 g/mol. The molecule has 1 aromatic rings. The van der Waals surface area contributed by atoms with Gasteiger partial charge in [-0.3, -0.25) is 14.4 Å². The van der Waals surface area contributed by atoms with Crippen LogP contribution in [0, 0.1) is 5.41 Å². The number of likely N-dealkylation sites (N-methyl/N-ethyl adjacent to an activating group) is 1. The number of hydrogen-bond donors (Lipinski definition) is 1. The second-order valence-electron chi connectivity index (χ2n) is 10.7. The van der Waals surface area contributed by atoms with E-state index in [4.69, 9.17) is 20.3 Å². The number of aromatic nitrogens is 2. The van der Waals surface area contributed by atoms with E-state index in [2.05, 4.69) is 16.6 Å². The Labute approximate surface area is 202 Å². The fraction of sp³-hybridized carbons (Fsp3) is 0.840. The number of ether oxygens (including phenoxy) is 2. The molecule has 0 aromatic carbocycles. The molecule has 0 saturated heterocycles. The predicted molar refractivity (Wildman–Crippen MR) is 128 cm³/mol. The number of alkyl halides is 1. The third-order valence-electron chi connectivity index (χ3n) is 8.20. The first-order valence-electron chi connectivity index (χ1n) is 12.8. The molecule has 34 heavy (non-hydrogen) atoms. The van der Waals surface area contributed by atoms with Gasteiger partial charge in [0.05, 0.1) is 37.7 Å². The van der Waals surface area contributed by atoms with Crippen LogP contribution in [0.1, 0.15) is 67.8 Å². The number of methoxy groups -OCH3 is 2. The summed E-state index contributed by atoms with van der Waals surface area (Å²) in [6.45, 7) is 5.11. The van der Waals surface area contributed by atoms with Gasteiger partial charge in [-0.2, -0.15) is 5.10 Å². The summed E-state index contributed by atoms with van der Waals surface area (Å²) in [4.78, 5) is 16.9. The van der Waals surface area contributed by atoms with Crippen molar-refractivity contribution < 1.29 is 18.7 Å². The molecule has 8 nitrogen and oxygen atoms in total. The highest BCUT2D eigenvalue weighted by atomic mass is 19.1. The van der Waals surface area contributed by atoms with Gasteiger partial charge in [-0.25, -0.2) is 4.39 Å². The Balaban J connectivity index is 1.59. The molecule has 2 saturated carbocycles. The molecule has 0 spiro atoms. The SMILES string of the molecule is COCC1(COC)CCC(c2c(CN(C)CCN)nn3c2CN(C(=O)C2(F)CCC2)CC3)CC1. The van der Waals surface area contributed by atoms with Gasteiger partial charge < -0.3 is 20.1 Å². The summed E-state index contributed by atoms with van der Waals surface area (Å²) in [5.74, 6) is 0.0340. The average Bonchev–Trinajstić information content (AvgIpc) is 3.15. The van der Waals surface area contributed by atoms with E-state index in [0.29, 0.717) is 58.2 Å². The molecule has 2 heterocycles. The molecule has 192 valence electrons. The minimum atomic E-state index is -1.66. The maximum Gasteiger partial charge on any atom is 0.260 e. The van der Waals surface area contributed by atoms with E-state index in [9.17, 15) is 9.18 Å². The lowest BCUT2D eigenvalue weighted by atomic mass is 9.69. The van der Waals surface area contributed by atoms with E-state index < -0.39 is 5.67 Å². The van der Waals surface area contributed by atoms with E-state index >= 15 is 0 Å². The second kappa shape index (κ2) is 10.6. The molecule has 1 aliphatic heterocycles. The molecule has 2 aliphatic carbocycles. The quantitative estimate of drug-likeness (QED) is 0.555. The maximum absolute atomic E-state index is 15.0. The number of nitrogens with zero attached hydrogens (tertiary/aromatic N) is 4. The maximum atomic E-state index is 15.0. The third kappa shape index (κ3) is 5.03. The molecule has 9 heteroatoms. The fourth-order valence-corrected chi connectivity index (χ4v) is 6.16. The van der Waals surface area contributed by atoms with Crippen LogP contribution in [0.25, 0.3) is 0 Å². The van der Waals surface area contributed by atoms with Crippen molar-refractivity contribution in [3.05, 3.63) is 17.0 Å². The van der Waals surface area contributed by atoms with E-state index in [1.807, 2.05) is 0 Å². The monoisotopic (exact) mass is 479 g/mol. The van der Waals surface area contributed by atoms with Gasteiger partial charge in [-0.15, -0.1) is 0 Å². The zero-order valence-corrected chi connectivity index (χ0v) is 21.2. The Kier molecular flexibility index (Phi) is 7.96. The van der Waals surface area contributed by atoms with Crippen molar-refractivity contribution in [1.82, 2.24) is 19.6 Å². The van der Waals surface area contributed by atoms with Gasteiger partial charge in [0.1, 0.15) is 0 Å². The summed E-state index contributed by atoms with van der Waals surface area (Å²) in [6.07, 6.45) is 5.61. The number of carbonyl (C=O) groups excluding carboxylic acids is 1. The summed E-state index contributed by atoms with van der Waals surface area (Å²) in [5.41, 5.74) is 7.63. The Bertz CT molecular complexity index is 840. The number of fused-ring (bicyclic) bond motifs is 1. The van der Waals surface area contributed by atoms with E-state index in [1.54, 1.807) is 19.1 Å². The van der Waals surface area contributed by atoms with Crippen molar-refractivity contribution in [2.75, 3.05) is 54.1 Å². The Morgan fingerprint density at radius 2 is 1.85 bits per heavy atom. The first-order valence-corrected chi connectivity index (χ1v) is 12.8. The van der Waals surface area contributed by atoms with Crippen molar-refractivity contribution in [3.8, 4) is 0 Å². The molecule has 1 amide bonds. The summed E-state index contributed by atoms with van der Waals surface area (Å²) in [6, 6.07) is 0. The van der Waals surface area contributed by atoms with Gasteiger partial charge in [-0.1, -0.05) is 0 Å². The van der Waals surface area contributed by atoms with Crippen molar-refractivity contribution in [2.24, 2.45) is 11.1 Å². The van der Waals surface area contributed by atoms with Gasteiger partial charge in [0.2, 0.25) is 0 Å². The van der Waals surface area contributed by atoms with Crippen LogP contribution in [-0.2, 0) is 33.9 Å². The molecular formula is C25H42FN5O3. The number of nitrogens with two attached hydrogens (primary N) is 1. The summed E-state index contributed by atoms with van der Waals surface area (Å²) < 4.78 is 28.1. The number of rotatable bonds is 10. The fourth-order valence-electron chi connectivity index (χ4n) is 6.16. The molecule has 0 bridgehead atoms. The highest BCUT2D eigenvalue weighted by molar-refractivity contribution is 5.86. The zero-order valence-electron chi connectivity index (χ0n) is 21.2. The van der Waals surface area contributed by atoms with Crippen LogP contribution in [-0.4, -0.2) is 85.3 Å². The first-order chi connectivity index (χ1) is 16.3. The summed E-state index contributed by atoms with van der Waals surface area (Å²) >= 11 is 0. The lowest BCUT2D eigenvalue weighted by Crippen LogP contribution is -2.52. The summed E-state index contributed by atoms with van der Waals surface area (Å²) in [5, 5.41) is 5.00. The molecule has 3 aliphatic rings. The Hall–Kier alpha value is -1.55. The smallest absolute Gasteiger partial charge is 0.260 e. The van der Waals surface area contributed by atoms with Crippen molar-refractivity contribution in [3.63, 3.8) is 0 Å². The molecule has 0 atom stereocenters. The predicted octanol–water partition coefficient (Wildman–Crippen LogP) is 2.44. The molecule has 4 rings (SSSR count). The normalized spacial score (nSPS) is 22.0. The molecule has 0 radical (unpaired) electrons. The lowest BCUT2D eigenvalue weighted by Gasteiger charge is -2.41. The molecular weight excluding hydrogens is 437 g/mol. The zero-order chi connectivity index (χ0) is 24.3. The van der Waals surface area contributed by atoms with E-state index in [-0.39, 0.29) is 11.3 Å². The van der Waals surface area contributed by atoms with Crippen LogP contribution >= 0.6 is 0 Å². The van der Waals surface area contributed by atoms with E-state index in [0.717, 1.165) is 56.6 Å². The largest absolute Gasteiger partial charge is 0.384 e. The van der Waals surface area contributed by atoms with Crippen molar-refractivity contribution in [2.45, 2.75) is 76.2 Å². The van der Waals surface area contributed by atoms with Crippen molar-refractivity contribution in [1.29, 1.82) is 0 Å². The molecule has 1 aromatic heterocycles. The van der Waals surface area contributed by atoms with Gasteiger partial charge in [0.15, 0.2) is 5.67 Å². The standard InChI is InChI=1S/C25H42FN5O3/c1-29(12-11-27)15-20-22(19-5-9-24(10-6-19,17-33-2)18-34-3)21-16-30(13-14-31(21)28-20)23(32)25(26)7-4-8-25/h19H,4-18,27H2,1-3H3. The highest BCUT2D eigenvalue weighted by Gasteiger charge is 2.48. The van der Waals surface area contributed by atoms with Gasteiger partial charge in [0, 0.05) is 51.4 Å². The van der Waals surface area contributed by atoms with Crippen LogP contribution in [0.4, 0.5) is 4.39 Å².